The molecule has 0 aliphatic heterocycles. The number of carbonyl (C=O) groups excluding carboxylic acids is 1. The van der Waals surface area contributed by atoms with Crippen LogP contribution in [0.1, 0.15) is 17.5 Å². The second-order valence-electron chi connectivity index (χ2n) is 6.39. The predicted molar refractivity (Wildman–Crippen MR) is 105 cm³/mol. The number of benzene rings is 2. The molecule has 2 aromatic carbocycles. The van der Waals surface area contributed by atoms with E-state index in [1.807, 2.05) is 24.4 Å². The minimum Gasteiger partial charge on any atom is -0.497 e. The monoisotopic (exact) mass is 369 g/mol. The number of hydrogen-bond acceptors (Lipinski definition) is 2. The van der Waals surface area contributed by atoms with E-state index in [4.69, 9.17) is 4.74 Å². The molecule has 0 unspecified atom stereocenters. The second-order valence-corrected chi connectivity index (χ2v) is 6.39. The maximum Gasteiger partial charge on any atom is 0.314 e. The van der Waals surface area contributed by atoms with Crippen molar-refractivity contribution < 1.29 is 13.9 Å². The summed E-state index contributed by atoms with van der Waals surface area (Å²) in [6.07, 6.45) is 4.28. The number of aromatic amines is 1. The maximum absolute atomic E-state index is 13.2. The van der Waals surface area contributed by atoms with Crippen molar-refractivity contribution in [1.29, 1.82) is 0 Å². The third-order valence-corrected chi connectivity index (χ3v) is 4.47. The Bertz CT molecular complexity index is 907. The lowest BCUT2D eigenvalue weighted by Crippen LogP contribution is -2.37. The summed E-state index contributed by atoms with van der Waals surface area (Å²) in [5.74, 6) is 0.584. The van der Waals surface area contributed by atoms with Crippen LogP contribution >= 0.6 is 0 Å². The van der Waals surface area contributed by atoms with Gasteiger partial charge < -0.3 is 20.4 Å². The standard InChI is InChI=1S/C21H24FN3O2/c1-27-18-6-2-4-15(12-18)5-3-10-23-21(26)24-11-9-16-14-25-20-13-17(22)7-8-19(16)20/h2,4,6-8,12-14,25H,3,5,9-11H2,1H3,(H2,23,24,26). The molecule has 0 aliphatic carbocycles. The van der Waals surface area contributed by atoms with E-state index >= 15 is 0 Å². The molecule has 3 N–H and O–H groups in total. The Hall–Kier alpha value is -3.02. The summed E-state index contributed by atoms with van der Waals surface area (Å²) in [5.41, 5.74) is 3.02. The summed E-state index contributed by atoms with van der Waals surface area (Å²) >= 11 is 0. The number of nitrogens with one attached hydrogen (secondary N) is 3. The van der Waals surface area contributed by atoms with Gasteiger partial charge in [-0.05, 0) is 60.7 Å². The molecule has 0 radical (unpaired) electrons. The second kappa shape index (κ2) is 9.07. The Balaban J connectivity index is 1.36. The van der Waals surface area contributed by atoms with Gasteiger partial charge in [-0.1, -0.05) is 12.1 Å². The van der Waals surface area contributed by atoms with Crippen LogP contribution in [0.5, 0.6) is 5.75 Å². The molecular formula is C21H24FN3O2. The molecule has 0 saturated carbocycles. The number of urea groups is 1. The van der Waals surface area contributed by atoms with E-state index in [0.717, 1.165) is 35.1 Å². The zero-order valence-electron chi connectivity index (χ0n) is 15.3. The van der Waals surface area contributed by atoms with E-state index in [1.54, 1.807) is 13.2 Å². The molecule has 3 rings (SSSR count). The predicted octanol–water partition coefficient (Wildman–Crippen LogP) is 3.79. The van der Waals surface area contributed by atoms with Crippen LogP contribution in [-0.4, -0.2) is 31.2 Å². The molecule has 0 fully saturated rings. The quantitative estimate of drug-likeness (QED) is 0.529. The molecule has 0 saturated heterocycles. The molecule has 142 valence electrons. The number of rotatable bonds is 8. The summed E-state index contributed by atoms with van der Waals surface area (Å²) in [6.45, 7) is 1.13. The molecule has 0 spiro atoms. The van der Waals surface area contributed by atoms with E-state index in [0.29, 0.717) is 19.5 Å². The molecule has 5 nitrogen and oxygen atoms in total. The molecule has 3 aromatic rings. The lowest BCUT2D eigenvalue weighted by molar-refractivity contribution is 0.241. The van der Waals surface area contributed by atoms with Crippen molar-refractivity contribution in [2.45, 2.75) is 19.3 Å². The van der Waals surface area contributed by atoms with Crippen molar-refractivity contribution in [1.82, 2.24) is 15.6 Å². The van der Waals surface area contributed by atoms with Crippen molar-refractivity contribution in [3.63, 3.8) is 0 Å². The van der Waals surface area contributed by atoms with Crippen molar-refractivity contribution in [2.24, 2.45) is 0 Å². The summed E-state index contributed by atoms with van der Waals surface area (Å²) in [4.78, 5) is 14.9. The molecule has 0 bridgehead atoms. The highest BCUT2D eigenvalue weighted by Gasteiger charge is 2.06. The average Bonchev–Trinajstić information content (AvgIpc) is 3.07. The minimum absolute atomic E-state index is 0.175. The average molecular weight is 369 g/mol. The van der Waals surface area contributed by atoms with Crippen LogP contribution in [0, 0.1) is 5.82 Å². The van der Waals surface area contributed by atoms with E-state index in [1.165, 1.54) is 17.7 Å². The first-order chi connectivity index (χ1) is 13.2. The molecule has 2 amide bonds. The first-order valence-corrected chi connectivity index (χ1v) is 9.06. The van der Waals surface area contributed by atoms with E-state index in [2.05, 4.69) is 21.7 Å². The van der Waals surface area contributed by atoms with Gasteiger partial charge in [0.2, 0.25) is 0 Å². The lowest BCUT2D eigenvalue weighted by atomic mass is 10.1. The fourth-order valence-electron chi connectivity index (χ4n) is 3.06. The number of fused-ring (bicyclic) bond motifs is 1. The summed E-state index contributed by atoms with van der Waals surface area (Å²) in [6, 6.07) is 12.4. The SMILES string of the molecule is COc1cccc(CCCNC(=O)NCCc2c[nH]c3cc(F)ccc23)c1. The first kappa shape index (κ1) is 18.8. The van der Waals surface area contributed by atoms with E-state index < -0.39 is 0 Å². The normalized spacial score (nSPS) is 10.7. The molecule has 0 aliphatic rings. The number of ether oxygens (including phenoxy) is 1. The number of carbonyl (C=O) groups is 1. The number of aromatic nitrogens is 1. The Morgan fingerprint density at radius 1 is 1.11 bits per heavy atom. The Morgan fingerprint density at radius 3 is 2.81 bits per heavy atom. The topological polar surface area (TPSA) is 66.2 Å². The van der Waals surface area contributed by atoms with Crippen LogP contribution < -0.4 is 15.4 Å². The van der Waals surface area contributed by atoms with Crippen molar-refractivity contribution >= 4 is 16.9 Å². The zero-order valence-corrected chi connectivity index (χ0v) is 15.3. The highest BCUT2D eigenvalue weighted by atomic mass is 19.1. The summed E-state index contributed by atoms with van der Waals surface area (Å²) in [5, 5.41) is 6.71. The lowest BCUT2D eigenvalue weighted by Gasteiger charge is -2.08. The molecule has 27 heavy (non-hydrogen) atoms. The van der Waals surface area contributed by atoms with Gasteiger partial charge in [0.15, 0.2) is 0 Å². The summed E-state index contributed by atoms with van der Waals surface area (Å²) in [7, 11) is 1.65. The van der Waals surface area contributed by atoms with Gasteiger partial charge in [0.05, 0.1) is 7.11 Å². The van der Waals surface area contributed by atoms with Crippen LogP contribution in [-0.2, 0) is 12.8 Å². The van der Waals surface area contributed by atoms with Gasteiger partial charge in [-0.2, -0.15) is 0 Å². The zero-order chi connectivity index (χ0) is 19.1. The number of H-pyrrole nitrogens is 1. The van der Waals surface area contributed by atoms with Gasteiger partial charge >= 0.3 is 6.03 Å². The molecule has 6 heteroatoms. The van der Waals surface area contributed by atoms with Crippen molar-refractivity contribution in [3.8, 4) is 5.75 Å². The Labute approximate surface area is 157 Å². The van der Waals surface area contributed by atoms with Crippen LogP contribution in [0.15, 0.2) is 48.7 Å². The fourth-order valence-corrected chi connectivity index (χ4v) is 3.06. The van der Waals surface area contributed by atoms with E-state index in [9.17, 15) is 9.18 Å². The van der Waals surface area contributed by atoms with Gasteiger partial charge in [0.25, 0.3) is 0 Å². The third kappa shape index (κ3) is 5.23. The van der Waals surface area contributed by atoms with Crippen molar-refractivity contribution in [2.75, 3.05) is 20.2 Å². The smallest absolute Gasteiger partial charge is 0.314 e. The minimum atomic E-state index is -0.262. The van der Waals surface area contributed by atoms with Gasteiger partial charge in [0, 0.05) is 30.2 Å². The Kier molecular flexibility index (Phi) is 6.30. The first-order valence-electron chi connectivity index (χ1n) is 9.06. The fraction of sp³-hybridized carbons (Fsp3) is 0.286. The molecule has 1 heterocycles. The highest BCUT2D eigenvalue weighted by Crippen LogP contribution is 2.19. The number of amides is 2. The van der Waals surface area contributed by atoms with Gasteiger partial charge in [-0.15, -0.1) is 0 Å². The highest BCUT2D eigenvalue weighted by molar-refractivity contribution is 5.83. The molecule has 1 aromatic heterocycles. The number of hydrogen-bond donors (Lipinski definition) is 3. The number of aryl methyl sites for hydroxylation is 1. The number of methoxy groups -OCH3 is 1. The number of halogens is 1. The largest absolute Gasteiger partial charge is 0.497 e. The van der Waals surface area contributed by atoms with Gasteiger partial charge in [0.1, 0.15) is 11.6 Å². The van der Waals surface area contributed by atoms with Crippen LogP contribution in [0.4, 0.5) is 9.18 Å². The molecular weight excluding hydrogens is 345 g/mol. The Morgan fingerprint density at radius 2 is 1.96 bits per heavy atom. The maximum atomic E-state index is 13.2. The van der Waals surface area contributed by atoms with Crippen LogP contribution in [0.3, 0.4) is 0 Å². The van der Waals surface area contributed by atoms with Gasteiger partial charge in [-0.3, -0.25) is 0 Å². The van der Waals surface area contributed by atoms with Crippen LogP contribution in [0.25, 0.3) is 10.9 Å². The van der Waals surface area contributed by atoms with Crippen molar-refractivity contribution in [3.05, 3.63) is 65.6 Å². The van der Waals surface area contributed by atoms with Crippen LogP contribution in [0.2, 0.25) is 0 Å². The summed E-state index contributed by atoms with van der Waals surface area (Å²) < 4.78 is 18.4. The molecule has 0 atom stereocenters. The van der Waals surface area contributed by atoms with Gasteiger partial charge in [-0.25, -0.2) is 9.18 Å². The van der Waals surface area contributed by atoms with E-state index in [-0.39, 0.29) is 11.8 Å². The third-order valence-electron chi connectivity index (χ3n) is 4.47.